The van der Waals surface area contributed by atoms with E-state index in [1.165, 1.54) is 0 Å². The van der Waals surface area contributed by atoms with Crippen molar-refractivity contribution in [2.24, 2.45) is 11.8 Å². The van der Waals surface area contributed by atoms with Crippen LogP contribution in [0, 0.1) is 11.8 Å². The van der Waals surface area contributed by atoms with Gasteiger partial charge in [-0.15, -0.1) is 5.10 Å². The number of hydrogen-bond acceptors (Lipinski definition) is 5. The molecule has 2 atom stereocenters. The third kappa shape index (κ3) is 2.67. The third-order valence-electron chi connectivity index (χ3n) is 3.66. The van der Waals surface area contributed by atoms with Crippen molar-refractivity contribution in [1.82, 2.24) is 20.2 Å². The van der Waals surface area contributed by atoms with Crippen molar-refractivity contribution in [2.45, 2.75) is 19.9 Å². The Morgan fingerprint density at radius 3 is 2.91 bits per heavy atom. The van der Waals surface area contributed by atoms with Crippen molar-refractivity contribution in [3.63, 3.8) is 0 Å². The Morgan fingerprint density at radius 1 is 1.41 bits per heavy atom. The Bertz CT molecular complexity index is 727. The number of anilines is 1. The van der Waals surface area contributed by atoms with Crippen LogP contribution in [0.2, 0.25) is 0 Å². The molecule has 0 radical (unpaired) electrons. The Morgan fingerprint density at radius 2 is 2.23 bits per heavy atom. The minimum absolute atomic E-state index is 0.264. The van der Waals surface area contributed by atoms with Crippen LogP contribution in [0.3, 0.4) is 0 Å². The molecule has 3 rings (SSSR count). The van der Waals surface area contributed by atoms with Gasteiger partial charge < -0.3 is 10.4 Å². The van der Waals surface area contributed by atoms with Crippen LogP contribution >= 0.6 is 0 Å². The normalized spacial score (nSPS) is 19.7. The predicted octanol–water partition coefficient (Wildman–Crippen LogP) is 1.02. The summed E-state index contributed by atoms with van der Waals surface area (Å²) in [6, 6.07) is 7.17. The van der Waals surface area contributed by atoms with E-state index in [9.17, 15) is 9.59 Å². The lowest BCUT2D eigenvalue weighted by molar-refractivity contribution is -0.139. The highest BCUT2D eigenvalue weighted by Gasteiger charge is 2.48. The maximum absolute atomic E-state index is 12.0. The highest BCUT2D eigenvalue weighted by molar-refractivity contribution is 5.98. The molecule has 8 heteroatoms. The molecule has 1 saturated carbocycles. The Kier molecular flexibility index (Phi) is 3.58. The van der Waals surface area contributed by atoms with Gasteiger partial charge in [0.1, 0.15) is 0 Å². The fourth-order valence-electron chi connectivity index (χ4n) is 2.35. The Balaban J connectivity index is 1.75. The van der Waals surface area contributed by atoms with Crippen LogP contribution in [0.5, 0.6) is 0 Å². The molecule has 1 amide bonds. The van der Waals surface area contributed by atoms with Gasteiger partial charge in [-0.1, -0.05) is 12.1 Å². The number of carboxylic acids is 1. The van der Waals surface area contributed by atoms with Gasteiger partial charge in [0.2, 0.25) is 5.91 Å². The number of aryl methyl sites for hydroxylation is 1. The summed E-state index contributed by atoms with van der Waals surface area (Å²) in [5.41, 5.74) is 1.39. The van der Waals surface area contributed by atoms with Gasteiger partial charge in [-0.3, -0.25) is 9.59 Å². The number of benzene rings is 1. The molecule has 2 unspecified atom stereocenters. The number of carboxylic acid groups (broad SMARTS) is 1. The van der Waals surface area contributed by atoms with Crippen LogP contribution in [-0.4, -0.2) is 37.2 Å². The van der Waals surface area contributed by atoms with E-state index in [1.54, 1.807) is 22.9 Å². The second kappa shape index (κ2) is 5.55. The number of aromatic nitrogens is 4. The molecule has 1 heterocycles. The fraction of sp³-hybridized carbons (Fsp3) is 0.357. The number of rotatable bonds is 5. The number of hydrogen-bond donors (Lipinski definition) is 2. The van der Waals surface area contributed by atoms with Crippen LogP contribution in [0.1, 0.15) is 13.3 Å². The molecule has 0 aliphatic heterocycles. The predicted molar refractivity (Wildman–Crippen MR) is 76.8 cm³/mol. The molecule has 0 bridgehead atoms. The topological polar surface area (TPSA) is 110 Å². The minimum Gasteiger partial charge on any atom is -0.481 e. The zero-order valence-electron chi connectivity index (χ0n) is 11.9. The quantitative estimate of drug-likeness (QED) is 0.853. The van der Waals surface area contributed by atoms with Crippen molar-refractivity contribution in [3.05, 3.63) is 24.3 Å². The minimum atomic E-state index is -0.920. The zero-order chi connectivity index (χ0) is 15.7. The van der Waals surface area contributed by atoms with Crippen molar-refractivity contribution in [2.75, 3.05) is 5.32 Å². The smallest absolute Gasteiger partial charge is 0.307 e. The maximum Gasteiger partial charge on any atom is 0.307 e. The molecule has 1 aromatic carbocycles. The molecule has 2 N–H and O–H groups in total. The summed E-state index contributed by atoms with van der Waals surface area (Å²) >= 11 is 0. The second-order valence-electron chi connectivity index (χ2n) is 5.18. The molecule has 114 valence electrons. The maximum atomic E-state index is 12.0. The fourth-order valence-corrected chi connectivity index (χ4v) is 2.35. The Labute approximate surface area is 126 Å². The van der Waals surface area contributed by atoms with E-state index in [2.05, 4.69) is 20.8 Å². The third-order valence-corrected chi connectivity index (χ3v) is 3.66. The summed E-state index contributed by atoms with van der Waals surface area (Å²) in [4.78, 5) is 22.8. The summed E-state index contributed by atoms with van der Waals surface area (Å²) in [6.07, 6.45) is 0.398. The highest BCUT2D eigenvalue weighted by Crippen LogP contribution is 2.39. The second-order valence-corrected chi connectivity index (χ2v) is 5.18. The first-order valence-corrected chi connectivity index (χ1v) is 7.00. The molecule has 22 heavy (non-hydrogen) atoms. The van der Waals surface area contributed by atoms with Crippen LogP contribution in [0.4, 0.5) is 5.69 Å². The molecule has 1 aromatic heterocycles. The molecule has 1 aliphatic carbocycles. The van der Waals surface area contributed by atoms with Gasteiger partial charge in [0.15, 0.2) is 5.82 Å². The number of carbonyl (C=O) groups excluding carboxylic acids is 1. The molecule has 0 spiro atoms. The van der Waals surface area contributed by atoms with Gasteiger partial charge in [-0.2, -0.15) is 0 Å². The van der Waals surface area contributed by atoms with Gasteiger partial charge in [-0.05, 0) is 35.9 Å². The lowest BCUT2D eigenvalue weighted by Gasteiger charge is -2.07. The summed E-state index contributed by atoms with van der Waals surface area (Å²) in [5.74, 6) is -1.57. The first kappa shape index (κ1) is 14.2. The average molecular weight is 301 g/mol. The Hall–Kier alpha value is -2.77. The summed E-state index contributed by atoms with van der Waals surface area (Å²) in [5, 5.41) is 23.1. The van der Waals surface area contributed by atoms with E-state index >= 15 is 0 Å². The van der Waals surface area contributed by atoms with Gasteiger partial charge in [0, 0.05) is 17.8 Å². The van der Waals surface area contributed by atoms with Crippen LogP contribution in [0.25, 0.3) is 11.4 Å². The molecule has 2 aromatic rings. The van der Waals surface area contributed by atoms with Crippen LogP contribution < -0.4 is 5.32 Å². The molecule has 1 aliphatic rings. The van der Waals surface area contributed by atoms with Crippen LogP contribution in [0.15, 0.2) is 24.3 Å². The number of tetrazole rings is 1. The summed E-state index contributed by atoms with van der Waals surface area (Å²) < 4.78 is 1.66. The number of nitrogens with zero attached hydrogens (tertiary/aromatic N) is 4. The molecule has 1 fully saturated rings. The van der Waals surface area contributed by atoms with Gasteiger partial charge in [0.25, 0.3) is 0 Å². The largest absolute Gasteiger partial charge is 0.481 e. The first-order chi connectivity index (χ1) is 10.6. The monoisotopic (exact) mass is 301 g/mol. The molecule has 0 saturated heterocycles. The van der Waals surface area contributed by atoms with E-state index in [4.69, 9.17) is 5.11 Å². The van der Waals surface area contributed by atoms with Crippen molar-refractivity contribution in [1.29, 1.82) is 0 Å². The summed E-state index contributed by atoms with van der Waals surface area (Å²) in [6.45, 7) is 2.58. The molecular weight excluding hydrogens is 286 g/mol. The van der Waals surface area contributed by atoms with E-state index in [0.29, 0.717) is 24.5 Å². The van der Waals surface area contributed by atoms with Gasteiger partial charge >= 0.3 is 5.97 Å². The van der Waals surface area contributed by atoms with Crippen molar-refractivity contribution < 1.29 is 14.7 Å². The lowest BCUT2D eigenvalue weighted by atomic mass is 10.2. The zero-order valence-corrected chi connectivity index (χ0v) is 11.9. The standard InChI is InChI=1S/C14H15N5O3/c1-2-19-12(16-17-18-19)8-4-3-5-9(6-8)15-13(20)10-7-11(10)14(21)22/h3-6,10-11H,2,7H2,1H3,(H,15,20)(H,21,22). The summed E-state index contributed by atoms with van der Waals surface area (Å²) in [7, 11) is 0. The highest BCUT2D eigenvalue weighted by atomic mass is 16.4. The van der Waals surface area contributed by atoms with E-state index in [-0.39, 0.29) is 5.91 Å². The lowest BCUT2D eigenvalue weighted by Crippen LogP contribution is -2.16. The molecular formula is C14H15N5O3. The van der Waals surface area contributed by atoms with Crippen molar-refractivity contribution in [3.8, 4) is 11.4 Å². The number of carbonyl (C=O) groups is 2. The van der Waals surface area contributed by atoms with Crippen LogP contribution in [-0.2, 0) is 16.1 Å². The molecule has 8 nitrogen and oxygen atoms in total. The van der Waals surface area contributed by atoms with E-state index in [1.807, 2.05) is 13.0 Å². The SMILES string of the molecule is CCn1nnnc1-c1cccc(NC(=O)C2CC2C(=O)O)c1. The number of amides is 1. The average Bonchev–Trinajstić information content (AvgIpc) is 3.18. The van der Waals surface area contributed by atoms with Crippen molar-refractivity contribution >= 4 is 17.6 Å². The van der Waals surface area contributed by atoms with Gasteiger partial charge in [-0.25, -0.2) is 4.68 Å². The number of aliphatic carboxylic acids is 1. The van der Waals surface area contributed by atoms with Gasteiger partial charge in [0.05, 0.1) is 11.8 Å². The van der Waals surface area contributed by atoms with E-state index in [0.717, 1.165) is 5.56 Å². The van der Waals surface area contributed by atoms with E-state index < -0.39 is 17.8 Å². The number of nitrogens with one attached hydrogen (secondary N) is 1. The first-order valence-electron chi connectivity index (χ1n) is 7.00.